The van der Waals surface area contributed by atoms with Gasteiger partial charge in [-0.2, -0.15) is 10.1 Å². The summed E-state index contributed by atoms with van der Waals surface area (Å²) in [5.41, 5.74) is 9.65. The Labute approximate surface area is 202 Å². The molecule has 2 aliphatic heterocycles. The van der Waals surface area contributed by atoms with Crippen LogP contribution in [0, 0.1) is 6.92 Å². The molecule has 2 aliphatic rings. The number of nitrogens with zero attached hydrogens (tertiary/aromatic N) is 6. The van der Waals surface area contributed by atoms with Crippen LogP contribution in [0.3, 0.4) is 0 Å². The van der Waals surface area contributed by atoms with Gasteiger partial charge < -0.3 is 15.8 Å². The lowest BCUT2D eigenvalue weighted by Crippen LogP contribution is -2.51. The molecule has 34 heavy (non-hydrogen) atoms. The van der Waals surface area contributed by atoms with E-state index < -0.39 is 0 Å². The molecule has 1 aromatic carbocycles. The first kappa shape index (κ1) is 21.4. The summed E-state index contributed by atoms with van der Waals surface area (Å²) in [5, 5.41) is 9.43. The van der Waals surface area contributed by atoms with E-state index in [-0.39, 0.29) is 0 Å². The number of likely N-dealkylation sites (tertiary alicyclic amines) is 1. The molecular formula is C24H27ClN8O. The highest BCUT2D eigenvalue weighted by Gasteiger charge is 2.30. The molecular weight excluding hydrogens is 452 g/mol. The van der Waals surface area contributed by atoms with Crippen molar-refractivity contribution in [1.29, 1.82) is 0 Å². The molecule has 6 rings (SSSR count). The van der Waals surface area contributed by atoms with Gasteiger partial charge in [-0.1, -0.05) is 11.6 Å². The van der Waals surface area contributed by atoms with Crippen LogP contribution < -0.4 is 11.1 Å². The van der Waals surface area contributed by atoms with Crippen molar-refractivity contribution in [1.82, 2.24) is 29.2 Å². The molecule has 3 aromatic heterocycles. The number of ether oxygens (including phenoxy) is 1. The van der Waals surface area contributed by atoms with Crippen molar-refractivity contribution < 1.29 is 4.74 Å². The highest BCUT2D eigenvalue weighted by Crippen LogP contribution is 2.30. The van der Waals surface area contributed by atoms with E-state index in [1.165, 1.54) is 0 Å². The smallest absolute Gasteiger partial charge is 0.229 e. The fourth-order valence-corrected chi connectivity index (χ4v) is 5.04. The number of nitrogens with one attached hydrogen (secondary N) is 1. The van der Waals surface area contributed by atoms with Crippen LogP contribution in [0.15, 0.2) is 43.0 Å². The number of aryl methyl sites for hydroxylation is 1. The molecule has 0 aliphatic carbocycles. The van der Waals surface area contributed by atoms with Gasteiger partial charge in [0.25, 0.3) is 0 Å². The summed E-state index contributed by atoms with van der Waals surface area (Å²) in [7, 11) is 0. The topological polar surface area (TPSA) is 99.0 Å². The van der Waals surface area contributed by atoms with Gasteiger partial charge in [-0.25, -0.2) is 4.98 Å². The molecule has 0 spiro atoms. The number of hydrogen-bond acceptors (Lipinski definition) is 7. The van der Waals surface area contributed by atoms with Crippen molar-refractivity contribution in [2.75, 3.05) is 37.4 Å². The Hall–Kier alpha value is -3.14. The maximum absolute atomic E-state index is 6.50. The van der Waals surface area contributed by atoms with E-state index in [0.29, 0.717) is 28.9 Å². The number of halogens is 1. The van der Waals surface area contributed by atoms with Crippen molar-refractivity contribution >= 4 is 39.8 Å². The highest BCUT2D eigenvalue weighted by atomic mass is 35.5. The molecule has 3 N–H and O–H groups in total. The summed E-state index contributed by atoms with van der Waals surface area (Å²) in [6, 6.07) is 6.83. The van der Waals surface area contributed by atoms with Gasteiger partial charge in [0.2, 0.25) is 5.95 Å². The van der Waals surface area contributed by atoms with Crippen molar-refractivity contribution in [2.24, 2.45) is 0 Å². The third-order valence-electron chi connectivity index (χ3n) is 6.85. The Kier molecular flexibility index (Phi) is 5.40. The molecule has 5 heterocycles. The van der Waals surface area contributed by atoms with Crippen molar-refractivity contribution in [2.45, 2.75) is 31.8 Å². The van der Waals surface area contributed by atoms with Crippen molar-refractivity contribution in [3.63, 3.8) is 0 Å². The SMILES string of the molecule is Cc1cn(-c2nc(Nc3cnn(C4CCN(C5COC5)CC4)c3)ncc2Cl)c2ccc(N)cc12. The van der Waals surface area contributed by atoms with Gasteiger partial charge in [0.05, 0.1) is 48.9 Å². The van der Waals surface area contributed by atoms with E-state index in [1.807, 2.05) is 48.3 Å². The van der Waals surface area contributed by atoms with Crippen LogP contribution in [-0.2, 0) is 4.74 Å². The van der Waals surface area contributed by atoms with Gasteiger partial charge in [-0.05, 0) is 43.5 Å². The number of aromatic nitrogens is 5. The molecule has 2 saturated heterocycles. The second kappa shape index (κ2) is 8.57. The lowest BCUT2D eigenvalue weighted by molar-refractivity contribution is -0.0734. The zero-order valence-corrected chi connectivity index (χ0v) is 19.7. The lowest BCUT2D eigenvalue weighted by atomic mass is 10.0. The molecule has 4 aromatic rings. The average molecular weight is 479 g/mol. The normalized spacial score (nSPS) is 17.8. The molecule has 0 radical (unpaired) electrons. The molecule has 0 amide bonds. The summed E-state index contributed by atoms with van der Waals surface area (Å²) < 4.78 is 9.37. The number of benzene rings is 1. The van der Waals surface area contributed by atoms with E-state index in [2.05, 4.69) is 25.0 Å². The van der Waals surface area contributed by atoms with Crippen LogP contribution in [0.4, 0.5) is 17.3 Å². The van der Waals surface area contributed by atoms with Gasteiger partial charge in [0, 0.05) is 36.6 Å². The summed E-state index contributed by atoms with van der Waals surface area (Å²) in [5.74, 6) is 1.08. The number of hydrogen-bond donors (Lipinski definition) is 2. The molecule has 176 valence electrons. The first-order valence-electron chi connectivity index (χ1n) is 11.6. The Morgan fingerprint density at radius 2 is 1.94 bits per heavy atom. The molecule has 9 nitrogen and oxygen atoms in total. The van der Waals surface area contributed by atoms with E-state index in [1.54, 1.807) is 6.20 Å². The number of nitrogen functional groups attached to an aromatic ring is 1. The molecule has 10 heteroatoms. The third kappa shape index (κ3) is 3.89. The number of nitrogens with two attached hydrogens (primary N) is 1. The summed E-state index contributed by atoms with van der Waals surface area (Å²) in [4.78, 5) is 11.6. The number of piperidine rings is 1. The summed E-state index contributed by atoms with van der Waals surface area (Å²) in [6.07, 6.45) is 9.66. The molecule has 0 saturated carbocycles. The van der Waals surface area contributed by atoms with E-state index in [0.717, 1.165) is 67.0 Å². The zero-order chi connectivity index (χ0) is 23.2. The Balaban J connectivity index is 1.20. The Bertz CT molecular complexity index is 1340. The molecule has 0 unspecified atom stereocenters. The van der Waals surface area contributed by atoms with Crippen LogP contribution in [-0.4, -0.2) is 61.6 Å². The van der Waals surface area contributed by atoms with Gasteiger partial charge in [-0.3, -0.25) is 14.1 Å². The van der Waals surface area contributed by atoms with Gasteiger partial charge in [-0.15, -0.1) is 0 Å². The number of fused-ring (bicyclic) bond motifs is 1. The van der Waals surface area contributed by atoms with Crippen molar-refractivity contribution in [3.05, 3.63) is 53.6 Å². The first-order valence-corrected chi connectivity index (χ1v) is 12.0. The molecule has 2 fully saturated rings. The van der Waals surface area contributed by atoms with E-state index >= 15 is 0 Å². The second-order valence-electron chi connectivity index (χ2n) is 9.12. The fraction of sp³-hybridized carbons (Fsp3) is 0.375. The quantitative estimate of drug-likeness (QED) is 0.419. The monoisotopic (exact) mass is 478 g/mol. The van der Waals surface area contributed by atoms with Crippen LogP contribution >= 0.6 is 11.6 Å². The second-order valence-corrected chi connectivity index (χ2v) is 9.52. The van der Waals surface area contributed by atoms with E-state index in [4.69, 9.17) is 27.1 Å². The summed E-state index contributed by atoms with van der Waals surface area (Å²) in [6.45, 7) is 5.96. The summed E-state index contributed by atoms with van der Waals surface area (Å²) >= 11 is 6.50. The maximum atomic E-state index is 6.50. The minimum atomic E-state index is 0.399. The first-order chi connectivity index (χ1) is 16.5. The fourth-order valence-electron chi connectivity index (χ4n) is 4.86. The molecule has 0 atom stereocenters. The Morgan fingerprint density at radius 3 is 2.71 bits per heavy atom. The predicted molar refractivity (Wildman–Crippen MR) is 133 cm³/mol. The van der Waals surface area contributed by atoms with Gasteiger partial charge >= 0.3 is 0 Å². The highest BCUT2D eigenvalue weighted by molar-refractivity contribution is 6.32. The minimum absolute atomic E-state index is 0.399. The minimum Gasteiger partial charge on any atom is -0.399 e. The standard InChI is InChI=1S/C24H27ClN8O/c1-15-11-32(22-3-2-16(26)8-20(15)22)23-21(25)10-27-24(30-23)29-17-9-28-33(12-17)18-4-6-31(7-5-18)19-13-34-14-19/h2-3,8-12,18-19H,4-7,13-14,26H2,1H3,(H,27,29,30). The van der Waals surface area contributed by atoms with Crippen LogP contribution in [0.25, 0.3) is 16.7 Å². The average Bonchev–Trinajstić information content (AvgIpc) is 3.39. The van der Waals surface area contributed by atoms with Crippen molar-refractivity contribution in [3.8, 4) is 5.82 Å². The number of rotatable bonds is 5. The largest absolute Gasteiger partial charge is 0.399 e. The third-order valence-corrected chi connectivity index (χ3v) is 7.12. The lowest BCUT2D eigenvalue weighted by Gasteiger charge is -2.41. The maximum Gasteiger partial charge on any atom is 0.229 e. The zero-order valence-electron chi connectivity index (χ0n) is 19.0. The van der Waals surface area contributed by atoms with Gasteiger partial charge in [0.15, 0.2) is 5.82 Å². The Morgan fingerprint density at radius 1 is 1.12 bits per heavy atom. The predicted octanol–water partition coefficient (Wildman–Crippen LogP) is 3.94. The van der Waals surface area contributed by atoms with Crippen LogP contribution in [0.5, 0.6) is 0 Å². The van der Waals surface area contributed by atoms with Crippen LogP contribution in [0.2, 0.25) is 5.02 Å². The molecule has 0 bridgehead atoms. The van der Waals surface area contributed by atoms with Gasteiger partial charge in [0.1, 0.15) is 5.02 Å². The number of anilines is 3. The van der Waals surface area contributed by atoms with Crippen LogP contribution in [0.1, 0.15) is 24.4 Å². The van der Waals surface area contributed by atoms with E-state index in [9.17, 15) is 0 Å².